The van der Waals surface area contributed by atoms with Crippen LogP contribution in [-0.2, 0) is 0 Å². The molecular formula is C13H21N5O2. The molecular weight excluding hydrogens is 258 g/mol. The standard InChI is InChI=1S/C13H21N5O2/c1-9-3-2-4-10(6-5-9)15-13-11(18(19)20)7-8-12(16-13)17-14/h7-10H,2-6,14H2,1H3,(H2,15,16,17). The first-order chi connectivity index (χ1) is 9.60. The van der Waals surface area contributed by atoms with Crippen LogP contribution in [0.5, 0.6) is 0 Å². The Morgan fingerprint density at radius 2 is 2.15 bits per heavy atom. The molecule has 0 aliphatic heterocycles. The number of nitrogens with two attached hydrogens (primary N) is 1. The maximum absolute atomic E-state index is 11.1. The fourth-order valence-electron chi connectivity index (χ4n) is 2.61. The minimum absolute atomic E-state index is 0.0127. The zero-order chi connectivity index (χ0) is 14.5. The third-order valence-corrected chi connectivity index (χ3v) is 3.82. The topological polar surface area (TPSA) is 106 Å². The highest BCUT2D eigenvalue weighted by Crippen LogP contribution is 2.29. The summed E-state index contributed by atoms with van der Waals surface area (Å²) in [4.78, 5) is 14.8. The molecule has 7 nitrogen and oxygen atoms in total. The number of hydrogen-bond donors (Lipinski definition) is 3. The number of nitro groups is 1. The molecule has 0 bridgehead atoms. The number of aromatic nitrogens is 1. The van der Waals surface area contributed by atoms with E-state index in [1.54, 1.807) is 0 Å². The van der Waals surface area contributed by atoms with Gasteiger partial charge in [0.05, 0.1) is 4.92 Å². The van der Waals surface area contributed by atoms with E-state index in [0.717, 1.165) is 31.6 Å². The highest BCUT2D eigenvalue weighted by molar-refractivity contribution is 5.60. The average molecular weight is 279 g/mol. The summed E-state index contributed by atoms with van der Waals surface area (Å²) in [6.07, 6.45) is 5.53. The minimum Gasteiger partial charge on any atom is -0.362 e. The Labute approximate surface area is 118 Å². The summed E-state index contributed by atoms with van der Waals surface area (Å²) < 4.78 is 0. The predicted molar refractivity (Wildman–Crippen MR) is 78.4 cm³/mol. The van der Waals surface area contributed by atoms with E-state index in [1.807, 2.05) is 0 Å². The number of hydrogen-bond acceptors (Lipinski definition) is 6. The lowest BCUT2D eigenvalue weighted by Gasteiger charge is -2.17. The van der Waals surface area contributed by atoms with Crippen molar-refractivity contribution in [2.45, 2.75) is 45.1 Å². The highest BCUT2D eigenvalue weighted by Gasteiger charge is 2.21. The Morgan fingerprint density at radius 3 is 2.85 bits per heavy atom. The molecule has 0 aromatic carbocycles. The summed E-state index contributed by atoms with van der Waals surface area (Å²) in [6, 6.07) is 3.15. The number of rotatable bonds is 4. The number of nitrogen functional groups attached to an aromatic ring is 1. The van der Waals surface area contributed by atoms with Gasteiger partial charge in [0.2, 0.25) is 5.82 Å². The quantitative estimate of drug-likeness (QED) is 0.338. The van der Waals surface area contributed by atoms with Crippen molar-refractivity contribution in [3.63, 3.8) is 0 Å². The molecule has 2 unspecified atom stereocenters. The Morgan fingerprint density at radius 1 is 1.35 bits per heavy atom. The van der Waals surface area contributed by atoms with E-state index < -0.39 is 4.92 Å². The van der Waals surface area contributed by atoms with Crippen LogP contribution in [0.25, 0.3) is 0 Å². The van der Waals surface area contributed by atoms with Crippen molar-refractivity contribution < 1.29 is 4.92 Å². The fraction of sp³-hybridized carbons (Fsp3) is 0.615. The largest absolute Gasteiger partial charge is 0.362 e. The van der Waals surface area contributed by atoms with Gasteiger partial charge in [-0.15, -0.1) is 0 Å². The Balaban J connectivity index is 2.16. The van der Waals surface area contributed by atoms with Crippen LogP contribution in [-0.4, -0.2) is 15.9 Å². The summed E-state index contributed by atoms with van der Waals surface area (Å²) in [7, 11) is 0. The van der Waals surface area contributed by atoms with Gasteiger partial charge >= 0.3 is 5.69 Å². The van der Waals surface area contributed by atoms with Gasteiger partial charge in [-0.3, -0.25) is 10.1 Å². The molecule has 0 amide bonds. The molecule has 1 aromatic rings. The molecule has 1 fully saturated rings. The number of nitrogens with one attached hydrogen (secondary N) is 2. The van der Waals surface area contributed by atoms with Gasteiger partial charge in [0.15, 0.2) is 0 Å². The van der Waals surface area contributed by atoms with Crippen LogP contribution in [0.15, 0.2) is 12.1 Å². The zero-order valence-electron chi connectivity index (χ0n) is 11.6. The number of nitrogens with zero attached hydrogens (tertiary/aromatic N) is 2. The van der Waals surface area contributed by atoms with Gasteiger partial charge in [-0.25, -0.2) is 10.8 Å². The van der Waals surface area contributed by atoms with Crippen molar-refractivity contribution in [2.75, 3.05) is 10.7 Å². The monoisotopic (exact) mass is 279 g/mol. The summed E-state index contributed by atoms with van der Waals surface area (Å²) in [6.45, 7) is 2.25. The molecule has 1 aliphatic rings. The molecule has 7 heteroatoms. The van der Waals surface area contributed by atoms with Crippen molar-refractivity contribution in [1.29, 1.82) is 0 Å². The van der Waals surface area contributed by atoms with Gasteiger partial charge in [0.25, 0.3) is 0 Å². The van der Waals surface area contributed by atoms with Crippen LogP contribution in [0.4, 0.5) is 17.3 Å². The van der Waals surface area contributed by atoms with E-state index in [1.165, 1.54) is 18.6 Å². The predicted octanol–water partition coefficient (Wildman–Crippen LogP) is 2.66. The lowest BCUT2D eigenvalue weighted by Crippen LogP contribution is -2.21. The van der Waals surface area contributed by atoms with Gasteiger partial charge < -0.3 is 10.7 Å². The van der Waals surface area contributed by atoms with E-state index in [4.69, 9.17) is 5.84 Å². The molecule has 2 rings (SSSR count). The van der Waals surface area contributed by atoms with E-state index in [0.29, 0.717) is 11.6 Å². The fourth-order valence-corrected chi connectivity index (χ4v) is 2.61. The molecule has 110 valence electrons. The van der Waals surface area contributed by atoms with Gasteiger partial charge in [-0.05, 0) is 31.2 Å². The third-order valence-electron chi connectivity index (χ3n) is 3.82. The lowest BCUT2D eigenvalue weighted by molar-refractivity contribution is -0.384. The summed E-state index contributed by atoms with van der Waals surface area (Å²) >= 11 is 0. The van der Waals surface area contributed by atoms with Crippen LogP contribution < -0.4 is 16.6 Å². The van der Waals surface area contributed by atoms with Gasteiger partial charge in [-0.1, -0.05) is 19.8 Å². The lowest BCUT2D eigenvalue weighted by atomic mass is 10.0. The number of anilines is 2. The molecule has 4 N–H and O–H groups in total. The first-order valence-corrected chi connectivity index (χ1v) is 6.98. The Bertz CT molecular complexity index is 480. The summed E-state index contributed by atoms with van der Waals surface area (Å²) in [5.41, 5.74) is 2.40. The molecule has 20 heavy (non-hydrogen) atoms. The Hall–Kier alpha value is -1.89. The number of hydrazine groups is 1. The first-order valence-electron chi connectivity index (χ1n) is 6.98. The van der Waals surface area contributed by atoms with Crippen LogP contribution in [0.1, 0.15) is 39.0 Å². The van der Waals surface area contributed by atoms with E-state index in [2.05, 4.69) is 22.7 Å². The first kappa shape index (κ1) is 14.5. The summed E-state index contributed by atoms with van der Waals surface area (Å²) in [5.74, 6) is 6.75. The second-order valence-corrected chi connectivity index (χ2v) is 5.42. The van der Waals surface area contributed by atoms with E-state index >= 15 is 0 Å². The van der Waals surface area contributed by atoms with Crippen LogP contribution in [0, 0.1) is 16.0 Å². The van der Waals surface area contributed by atoms with Crippen molar-refractivity contribution >= 4 is 17.3 Å². The third kappa shape index (κ3) is 3.57. The second kappa shape index (κ2) is 6.51. The summed E-state index contributed by atoms with van der Waals surface area (Å²) in [5, 5.41) is 14.3. The minimum atomic E-state index is -0.422. The van der Waals surface area contributed by atoms with Crippen molar-refractivity contribution in [1.82, 2.24) is 4.98 Å². The van der Waals surface area contributed by atoms with Gasteiger partial charge in [0.1, 0.15) is 5.82 Å². The number of pyridine rings is 1. The van der Waals surface area contributed by atoms with Crippen molar-refractivity contribution in [2.24, 2.45) is 11.8 Å². The van der Waals surface area contributed by atoms with Crippen LogP contribution >= 0.6 is 0 Å². The second-order valence-electron chi connectivity index (χ2n) is 5.42. The average Bonchev–Trinajstić information content (AvgIpc) is 2.63. The highest BCUT2D eigenvalue weighted by atomic mass is 16.6. The molecule has 1 aromatic heterocycles. The van der Waals surface area contributed by atoms with Crippen molar-refractivity contribution in [3.05, 3.63) is 22.2 Å². The zero-order valence-corrected chi connectivity index (χ0v) is 11.6. The molecule has 2 atom stereocenters. The SMILES string of the molecule is CC1CCCC(Nc2nc(NN)ccc2[N+](=O)[O-])CC1. The van der Waals surface area contributed by atoms with Gasteiger partial charge in [-0.2, -0.15) is 0 Å². The normalized spacial score (nSPS) is 22.9. The van der Waals surface area contributed by atoms with E-state index in [9.17, 15) is 10.1 Å². The van der Waals surface area contributed by atoms with Crippen molar-refractivity contribution in [3.8, 4) is 0 Å². The molecule has 1 saturated carbocycles. The molecule has 1 heterocycles. The molecule has 0 radical (unpaired) electrons. The van der Waals surface area contributed by atoms with E-state index in [-0.39, 0.29) is 11.7 Å². The molecule has 0 saturated heterocycles. The van der Waals surface area contributed by atoms with Crippen LogP contribution in [0.3, 0.4) is 0 Å². The maximum atomic E-state index is 11.1. The smallest absolute Gasteiger partial charge is 0.311 e. The molecule has 0 spiro atoms. The van der Waals surface area contributed by atoms with Gasteiger partial charge in [0, 0.05) is 12.1 Å². The molecule has 1 aliphatic carbocycles. The maximum Gasteiger partial charge on any atom is 0.311 e. The Kier molecular flexibility index (Phi) is 4.73. The van der Waals surface area contributed by atoms with Crippen LogP contribution in [0.2, 0.25) is 0 Å².